The highest BCUT2D eigenvalue weighted by atomic mass is 16.7. The van der Waals surface area contributed by atoms with Crippen LogP contribution in [0.4, 0.5) is 0 Å². The van der Waals surface area contributed by atoms with Gasteiger partial charge in [-0.15, -0.1) is 0 Å². The molecule has 0 saturated carbocycles. The maximum Gasteiger partial charge on any atom is 0.187 e. The molecule has 13 nitrogen and oxygen atoms in total. The monoisotopic (exact) mass is 917 g/mol. The minimum atomic E-state index is -1.49. The highest BCUT2D eigenvalue weighted by Gasteiger charge is 2.44. The molecular formula is C51H96O13. The number of hydrogen-bond donors (Lipinski definition) is 11. The van der Waals surface area contributed by atoms with Gasteiger partial charge in [-0.25, -0.2) is 0 Å². The van der Waals surface area contributed by atoms with Crippen molar-refractivity contribution in [3.63, 3.8) is 0 Å². The zero-order valence-electron chi connectivity index (χ0n) is 41.7. The van der Waals surface area contributed by atoms with Crippen molar-refractivity contribution >= 4 is 0 Å². The van der Waals surface area contributed by atoms with Gasteiger partial charge in [0.1, 0.15) is 24.4 Å². The van der Waals surface area contributed by atoms with Crippen LogP contribution in [0.3, 0.4) is 0 Å². The molecule has 0 aromatic heterocycles. The predicted molar refractivity (Wildman–Crippen MR) is 253 cm³/mol. The Balaban J connectivity index is 2.34. The van der Waals surface area contributed by atoms with Gasteiger partial charge in [-0.3, -0.25) is 0 Å². The highest BCUT2D eigenvalue weighted by Crippen LogP contribution is 2.32. The average molecular weight is 917 g/mol. The normalized spacial score (nSPS) is 26.2. The molecule has 1 rings (SSSR count). The molecule has 1 fully saturated rings. The number of ether oxygens (including phenoxy) is 2. The van der Waals surface area contributed by atoms with Crippen LogP contribution in [-0.4, -0.2) is 140 Å². The summed E-state index contributed by atoms with van der Waals surface area (Å²) in [4.78, 5) is 0. The minimum absolute atomic E-state index is 0.115. The Labute approximate surface area is 387 Å². The third-order valence-corrected chi connectivity index (χ3v) is 13.5. The van der Waals surface area contributed by atoms with Crippen LogP contribution in [0.15, 0.2) is 34.9 Å². The first kappa shape index (κ1) is 60.7. The van der Waals surface area contributed by atoms with Crippen molar-refractivity contribution in [2.24, 2.45) is 0 Å². The maximum absolute atomic E-state index is 11.1. The molecule has 64 heavy (non-hydrogen) atoms. The number of rotatable bonds is 34. The molecule has 1 aliphatic rings. The third-order valence-electron chi connectivity index (χ3n) is 13.5. The van der Waals surface area contributed by atoms with E-state index in [9.17, 15) is 56.2 Å². The summed E-state index contributed by atoms with van der Waals surface area (Å²) < 4.78 is 10.9. The second-order valence-electron chi connectivity index (χ2n) is 21.7. The van der Waals surface area contributed by atoms with Crippen molar-refractivity contribution in [2.45, 2.75) is 274 Å². The molecule has 1 heterocycles. The summed E-state index contributed by atoms with van der Waals surface area (Å²) in [5.41, 5.74) is -2.38. The van der Waals surface area contributed by atoms with Crippen molar-refractivity contribution in [1.82, 2.24) is 0 Å². The molecule has 0 radical (unpaired) electrons. The van der Waals surface area contributed by atoms with E-state index in [1.54, 1.807) is 20.8 Å². The molecule has 0 aromatic carbocycles. The van der Waals surface area contributed by atoms with Gasteiger partial charge in [0.2, 0.25) is 0 Å². The molecule has 13 heteroatoms. The van der Waals surface area contributed by atoms with Crippen molar-refractivity contribution in [2.75, 3.05) is 13.2 Å². The van der Waals surface area contributed by atoms with Crippen LogP contribution in [0.2, 0.25) is 0 Å². The predicted octanol–water partition coefficient (Wildman–Crippen LogP) is 6.72. The molecule has 0 bridgehead atoms. The molecular weight excluding hydrogens is 821 g/mol. The first-order valence-electron chi connectivity index (χ1n) is 24.3. The van der Waals surface area contributed by atoms with Crippen LogP contribution in [0.5, 0.6) is 0 Å². The number of hydrogen-bond acceptors (Lipinski definition) is 13. The molecule has 0 amide bonds. The van der Waals surface area contributed by atoms with Gasteiger partial charge < -0.3 is 65.6 Å². The quantitative estimate of drug-likeness (QED) is 0.0301. The van der Waals surface area contributed by atoms with Gasteiger partial charge in [-0.1, -0.05) is 34.9 Å². The van der Waals surface area contributed by atoms with Gasteiger partial charge in [0.15, 0.2) is 6.29 Å². The SMILES string of the molecule is CC(C)=CCC[C@@](C)(O)CCC[C@@](C)(O)CCC[C@@](C)(O)CCC[C@@](C)(O)CCC[C@@](C)(O)CCC[C@@](C)(O)[C@H](O)CC/C(C)=C/CC/C(C)=C/CO[C@@H]1O[C@H](CO)[C@@H](O)[C@H](O)[C@H]1O. The molecule has 1 saturated heterocycles. The summed E-state index contributed by atoms with van der Waals surface area (Å²) in [6, 6.07) is 0. The molecule has 0 aliphatic carbocycles. The van der Waals surface area contributed by atoms with Crippen LogP contribution >= 0.6 is 0 Å². The summed E-state index contributed by atoms with van der Waals surface area (Å²) >= 11 is 0. The Morgan fingerprint density at radius 1 is 0.531 bits per heavy atom. The summed E-state index contributed by atoms with van der Waals surface area (Å²) in [6.07, 6.45) is 11.0. The van der Waals surface area contributed by atoms with Crippen LogP contribution in [0.25, 0.3) is 0 Å². The van der Waals surface area contributed by atoms with Crippen LogP contribution in [0, 0.1) is 0 Å². The third kappa shape index (κ3) is 26.3. The summed E-state index contributed by atoms with van der Waals surface area (Å²) in [7, 11) is 0. The smallest absolute Gasteiger partial charge is 0.187 e. The van der Waals surface area contributed by atoms with E-state index in [1.165, 1.54) is 5.57 Å². The van der Waals surface area contributed by atoms with Gasteiger partial charge in [0.05, 0.1) is 52.9 Å². The van der Waals surface area contributed by atoms with Crippen LogP contribution in [0.1, 0.15) is 204 Å². The average Bonchev–Trinajstić information content (AvgIpc) is 3.15. The molecule has 0 unspecified atom stereocenters. The number of aliphatic hydroxyl groups is 11. The van der Waals surface area contributed by atoms with Gasteiger partial charge in [0, 0.05) is 0 Å². The summed E-state index contributed by atoms with van der Waals surface area (Å²) in [5.74, 6) is 0. The molecule has 1 aliphatic heterocycles. The van der Waals surface area contributed by atoms with E-state index in [1.807, 2.05) is 40.7 Å². The second kappa shape index (κ2) is 28.3. The lowest BCUT2D eigenvalue weighted by Crippen LogP contribution is -2.59. The number of allylic oxidation sites excluding steroid dienone is 5. The zero-order chi connectivity index (χ0) is 49.0. The van der Waals surface area contributed by atoms with Gasteiger partial charge >= 0.3 is 0 Å². The van der Waals surface area contributed by atoms with Gasteiger partial charge in [-0.2, -0.15) is 0 Å². The first-order chi connectivity index (χ1) is 29.4. The lowest BCUT2D eigenvalue weighted by molar-refractivity contribution is -0.298. The highest BCUT2D eigenvalue weighted by molar-refractivity contribution is 5.05. The van der Waals surface area contributed by atoms with Crippen molar-refractivity contribution in [3.05, 3.63) is 34.9 Å². The fourth-order valence-electron chi connectivity index (χ4n) is 8.61. The zero-order valence-corrected chi connectivity index (χ0v) is 41.7. The van der Waals surface area contributed by atoms with Crippen molar-refractivity contribution < 1.29 is 65.6 Å². The van der Waals surface area contributed by atoms with E-state index >= 15 is 0 Å². The second-order valence-corrected chi connectivity index (χ2v) is 21.7. The summed E-state index contributed by atoms with van der Waals surface area (Å²) in [5, 5.41) is 116. The van der Waals surface area contributed by atoms with E-state index in [0.717, 1.165) is 36.8 Å². The minimum Gasteiger partial charge on any atom is -0.394 e. The fraction of sp³-hybridized carbons (Fsp3) is 0.882. The first-order valence-corrected chi connectivity index (χ1v) is 24.3. The Morgan fingerprint density at radius 3 is 1.36 bits per heavy atom. The largest absolute Gasteiger partial charge is 0.394 e. The Kier molecular flexibility index (Phi) is 26.8. The van der Waals surface area contributed by atoms with Crippen LogP contribution < -0.4 is 0 Å². The van der Waals surface area contributed by atoms with E-state index in [0.29, 0.717) is 109 Å². The molecule has 0 aromatic rings. The molecule has 11 N–H and O–H groups in total. The lowest BCUT2D eigenvalue weighted by Gasteiger charge is -2.39. The number of aliphatic hydroxyl groups excluding tert-OH is 5. The maximum atomic E-state index is 11.1. The topological polar surface area (TPSA) is 241 Å². The summed E-state index contributed by atoms with van der Waals surface area (Å²) in [6.45, 7) is 18.4. The Morgan fingerprint density at radius 2 is 0.938 bits per heavy atom. The van der Waals surface area contributed by atoms with E-state index in [4.69, 9.17) is 9.47 Å². The Bertz CT molecular complexity index is 1380. The van der Waals surface area contributed by atoms with Gasteiger partial charge in [-0.05, 0) is 204 Å². The molecule has 378 valence electrons. The van der Waals surface area contributed by atoms with Crippen molar-refractivity contribution in [1.29, 1.82) is 0 Å². The van der Waals surface area contributed by atoms with E-state index in [-0.39, 0.29) is 6.61 Å². The van der Waals surface area contributed by atoms with E-state index in [2.05, 4.69) is 26.0 Å². The van der Waals surface area contributed by atoms with Gasteiger partial charge in [0.25, 0.3) is 0 Å². The molecule has 12 atom stereocenters. The van der Waals surface area contributed by atoms with E-state index < -0.39 is 77.0 Å². The van der Waals surface area contributed by atoms with Crippen molar-refractivity contribution in [3.8, 4) is 0 Å². The Hall–Kier alpha value is -1.30. The van der Waals surface area contributed by atoms with Crippen LogP contribution in [-0.2, 0) is 9.47 Å². The fourth-order valence-corrected chi connectivity index (χ4v) is 8.61. The molecule has 0 spiro atoms. The lowest BCUT2D eigenvalue weighted by atomic mass is 9.83. The standard InChI is InChI=1S/C51H96O13/c1-37(2)18-12-24-46(5,57)25-13-26-47(6,58)27-14-28-48(7,59)29-15-30-49(8,60)31-16-32-50(9,61)33-17-34-51(10,62)41(53)22-21-38(3)19-11-20-39(4)23-35-63-45-44(56)43(55)42(54)40(36-52)64-45/h18-19,23,40-45,52-62H,11-17,20-22,24-36H2,1-10H3/b38-19+,39-23+/t40-,41-,42-,43+,44-,45-,46-,47-,48-,49-,50-,51-/m1/s1.